The zero-order valence-corrected chi connectivity index (χ0v) is 18.4. The van der Waals surface area contributed by atoms with Crippen LogP contribution in [-0.2, 0) is 27.3 Å². The number of carbonyl (C=O) groups is 3. The topological polar surface area (TPSA) is 78.5 Å². The Labute approximate surface area is 188 Å². The van der Waals surface area contributed by atoms with E-state index in [-0.39, 0.29) is 35.9 Å². The average Bonchev–Trinajstić information content (AvgIpc) is 2.79. The minimum absolute atomic E-state index is 0.0266. The summed E-state index contributed by atoms with van der Waals surface area (Å²) >= 11 is 0. The van der Waals surface area contributed by atoms with E-state index in [1.165, 1.54) is 12.1 Å². The molecule has 2 N–H and O–H groups in total. The van der Waals surface area contributed by atoms with Crippen molar-refractivity contribution >= 4 is 23.4 Å². The smallest absolute Gasteiger partial charge is 0.227 e. The molecule has 1 atom stereocenters. The van der Waals surface area contributed by atoms with E-state index in [2.05, 4.69) is 10.6 Å². The van der Waals surface area contributed by atoms with Crippen LogP contribution in [0.4, 0.5) is 10.1 Å². The number of halogens is 1. The first kappa shape index (κ1) is 23.4. The van der Waals surface area contributed by atoms with Crippen LogP contribution >= 0.6 is 0 Å². The highest BCUT2D eigenvalue weighted by Crippen LogP contribution is 2.19. The Bertz CT molecular complexity index is 946. The number of benzene rings is 2. The normalized spacial score (nSPS) is 15.8. The van der Waals surface area contributed by atoms with E-state index in [0.717, 1.165) is 30.4 Å². The van der Waals surface area contributed by atoms with Crippen LogP contribution in [0.2, 0.25) is 0 Å². The van der Waals surface area contributed by atoms with Gasteiger partial charge < -0.3 is 15.5 Å². The fourth-order valence-electron chi connectivity index (χ4n) is 3.85. The number of piperidine rings is 1. The van der Waals surface area contributed by atoms with E-state index in [9.17, 15) is 18.8 Å². The maximum Gasteiger partial charge on any atom is 0.227 e. The van der Waals surface area contributed by atoms with Crippen molar-refractivity contribution in [3.8, 4) is 0 Å². The van der Waals surface area contributed by atoms with Gasteiger partial charge in [-0.25, -0.2) is 4.39 Å². The molecule has 170 valence electrons. The number of hydrogen-bond donors (Lipinski definition) is 2. The molecular formula is C25H30FN3O3. The van der Waals surface area contributed by atoms with Crippen molar-refractivity contribution in [1.29, 1.82) is 0 Å². The Morgan fingerprint density at radius 3 is 2.62 bits per heavy atom. The average molecular weight is 440 g/mol. The van der Waals surface area contributed by atoms with Gasteiger partial charge in [-0.1, -0.05) is 31.2 Å². The Kier molecular flexibility index (Phi) is 8.36. The summed E-state index contributed by atoms with van der Waals surface area (Å²) in [6, 6.07) is 13.3. The predicted molar refractivity (Wildman–Crippen MR) is 121 cm³/mol. The molecule has 1 aliphatic rings. The molecule has 1 heterocycles. The van der Waals surface area contributed by atoms with Gasteiger partial charge in [0.05, 0.1) is 12.3 Å². The van der Waals surface area contributed by atoms with Crippen molar-refractivity contribution in [1.82, 2.24) is 10.2 Å². The van der Waals surface area contributed by atoms with E-state index in [0.29, 0.717) is 31.7 Å². The maximum atomic E-state index is 13.1. The minimum Gasteiger partial charge on any atom is -0.352 e. The van der Waals surface area contributed by atoms with Gasteiger partial charge in [0.15, 0.2) is 0 Å². The zero-order valence-electron chi connectivity index (χ0n) is 18.4. The lowest BCUT2D eigenvalue weighted by molar-refractivity contribution is -0.135. The van der Waals surface area contributed by atoms with Gasteiger partial charge in [0.1, 0.15) is 5.82 Å². The van der Waals surface area contributed by atoms with Gasteiger partial charge >= 0.3 is 0 Å². The Morgan fingerprint density at radius 2 is 1.88 bits per heavy atom. The van der Waals surface area contributed by atoms with Crippen molar-refractivity contribution < 1.29 is 18.8 Å². The molecule has 2 aromatic rings. The minimum atomic E-state index is -0.329. The number of rotatable bonds is 8. The highest BCUT2D eigenvalue weighted by molar-refractivity contribution is 5.90. The van der Waals surface area contributed by atoms with E-state index in [1.54, 1.807) is 17.0 Å². The van der Waals surface area contributed by atoms with E-state index in [4.69, 9.17) is 0 Å². The molecule has 32 heavy (non-hydrogen) atoms. The molecule has 0 spiro atoms. The first-order valence-electron chi connectivity index (χ1n) is 11.1. The summed E-state index contributed by atoms with van der Waals surface area (Å²) in [4.78, 5) is 38.9. The van der Waals surface area contributed by atoms with Crippen molar-refractivity contribution in [3.63, 3.8) is 0 Å². The van der Waals surface area contributed by atoms with Crippen molar-refractivity contribution in [3.05, 3.63) is 65.5 Å². The van der Waals surface area contributed by atoms with Gasteiger partial charge in [0.25, 0.3) is 0 Å². The zero-order chi connectivity index (χ0) is 22.9. The van der Waals surface area contributed by atoms with Crippen LogP contribution < -0.4 is 10.6 Å². The summed E-state index contributed by atoms with van der Waals surface area (Å²) in [7, 11) is 0. The van der Waals surface area contributed by atoms with E-state index in [1.807, 2.05) is 31.2 Å². The van der Waals surface area contributed by atoms with Crippen LogP contribution in [-0.4, -0.2) is 35.7 Å². The molecule has 1 aliphatic heterocycles. The lowest BCUT2D eigenvalue weighted by Crippen LogP contribution is -2.45. The summed E-state index contributed by atoms with van der Waals surface area (Å²) in [5, 5.41) is 5.82. The first-order valence-corrected chi connectivity index (χ1v) is 11.1. The Hall–Kier alpha value is -3.22. The van der Waals surface area contributed by atoms with Crippen LogP contribution in [0.1, 0.15) is 43.7 Å². The summed E-state index contributed by atoms with van der Waals surface area (Å²) in [5.41, 5.74) is 2.37. The van der Waals surface area contributed by atoms with E-state index >= 15 is 0 Å². The van der Waals surface area contributed by atoms with Gasteiger partial charge in [-0.3, -0.25) is 14.4 Å². The molecule has 1 saturated heterocycles. The van der Waals surface area contributed by atoms with Gasteiger partial charge in [0, 0.05) is 31.7 Å². The number of hydrogen-bond acceptors (Lipinski definition) is 3. The van der Waals surface area contributed by atoms with Gasteiger partial charge in [0.2, 0.25) is 17.7 Å². The highest BCUT2D eigenvalue weighted by Gasteiger charge is 2.28. The van der Waals surface area contributed by atoms with Crippen molar-refractivity contribution in [2.45, 2.75) is 45.6 Å². The van der Waals surface area contributed by atoms with Gasteiger partial charge in [-0.2, -0.15) is 0 Å². The summed E-state index contributed by atoms with van der Waals surface area (Å²) in [6.45, 7) is 3.33. The molecule has 3 rings (SSSR count). The lowest BCUT2D eigenvalue weighted by atomic mass is 9.96. The lowest BCUT2D eigenvalue weighted by Gasteiger charge is -2.32. The number of nitrogens with one attached hydrogen (secondary N) is 2. The second-order valence-corrected chi connectivity index (χ2v) is 8.20. The van der Waals surface area contributed by atoms with Crippen LogP contribution in [0, 0.1) is 11.7 Å². The highest BCUT2D eigenvalue weighted by atomic mass is 19.1. The third-order valence-electron chi connectivity index (χ3n) is 5.57. The molecule has 3 amide bonds. The third kappa shape index (κ3) is 6.90. The second-order valence-electron chi connectivity index (χ2n) is 8.20. The fourth-order valence-corrected chi connectivity index (χ4v) is 3.85. The maximum absolute atomic E-state index is 13.1. The number of amides is 3. The van der Waals surface area contributed by atoms with Crippen molar-refractivity contribution in [2.24, 2.45) is 5.92 Å². The molecule has 2 aromatic carbocycles. The molecule has 7 heteroatoms. The second kappa shape index (κ2) is 11.4. The molecule has 1 unspecified atom stereocenters. The largest absolute Gasteiger partial charge is 0.352 e. The number of likely N-dealkylation sites (tertiary alicyclic amines) is 1. The summed E-state index contributed by atoms with van der Waals surface area (Å²) in [6.07, 6.45) is 2.96. The Morgan fingerprint density at radius 1 is 1.09 bits per heavy atom. The molecule has 0 aromatic heterocycles. The summed E-state index contributed by atoms with van der Waals surface area (Å²) in [5.74, 6) is -0.742. The monoisotopic (exact) mass is 439 g/mol. The number of nitrogens with zero attached hydrogens (tertiary/aromatic N) is 1. The molecule has 0 aliphatic carbocycles. The fraction of sp³-hybridized carbons (Fsp3) is 0.400. The molecule has 0 bridgehead atoms. The standard InChI is InChI=1S/C25H30FN3O3/c1-2-5-23(30)28-22-8-3-6-19(14-22)16-27-25(32)20-7-4-13-29(17-20)24(31)15-18-9-11-21(26)12-10-18/h3,6,8-12,14,20H,2,4-5,7,13,15-17H2,1H3,(H,27,32)(H,28,30). The number of anilines is 1. The van der Waals surface area contributed by atoms with Crippen LogP contribution in [0.15, 0.2) is 48.5 Å². The first-order chi connectivity index (χ1) is 15.4. The van der Waals surface area contributed by atoms with Crippen LogP contribution in [0.3, 0.4) is 0 Å². The number of carbonyl (C=O) groups excluding carboxylic acids is 3. The van der Waals surface area contributed by atoms with Crippen LogP contribution in [0.5, 0.6) is 0 Å². The predicted octanol–water partition coefficient (Wildman–Crippen LogP) is 3.66. The quantitative estimate of drug-likeness (QED) is 0.659. The molecule has 1 fully saturated rings. The van der Waals surface area contributed by atoms with Gasteiger partial charge in [-0.15, -0.1) is 0 Å². The molecule has 6 nitrogen and oxygen atoms in total. The van der Waals surface area contributed by atoms with Crippen LogP contribution in [0.25, 0.3) is 0 Å². The summed E-state index contributed by atoms with van der Waals surface area (Å²) < 4.78 is 13.1. The SMILES string of the molecule is CCCC(=O)Nc1cccc(CNC(=O)C2CCCN(C(=O)Cc3ccc(F)cc3)C2)c1. The Balaban J connectivity index is 1.50. The molecule has 0 radical (unpaired) electrons. The molecule has 0 saturated carbocycles. The molecular weight excluding hydrogens is 409 g/mol. The van der Waals surface area contributed by atoms with Crippen molar-refractivity contribution in [2.75, 3.05) is 18.4 Å². The van der Waals surface area contributed by atoms with E-state index < -0.39 is 0 Å². The third-order valence-corrected chi connectivity index (χ3v) is 5.57. The van der Waals surface area contributed by atoms with Gasteiger partial charge in [-0.05, 0) is 54.7 Å².